The highest BCUT2D eigenvalue weighted by Crippen LogP contribution is 2.18. The van der Waals surface area contributed by atoms with Crippen LogP contribution in [0.25, 0.3) is 0 Å². The number of primary amides is 1. The lowest BCUT2D eigenvalue weighted by Crippen LogP contribution is -2.44. The van der Waals surface area contributed by atoms with Crippen molar-refractivity contribution < 1.29 is 4.79 Å². The zero-order valence-corrected chi connectivity index (χ0v) is 7.49. The zero-order chi connectivity index (χ0) is 9.14. The van der Waals surface area contributed by atoms with Crippen LogP contribution < -0.4 is 11.5 Å². The van der Waals surface area contributed by atoms with Gasteiger partial charge in [0.15, 0.2) is 0 Å². The van der Waals surface area contributed by atoms with E-state index in [-0.39, 0.29) is 12.1 Å². The fourth-order valence-electron chi connectivity index (χ4n) is 1.65. The van der Waals surface area contributed by atoms with E-state index in [0.717, 1.165) is 25.9 Å². The fourth-order valence-corrected chi connectivity index (χ4v) is 1.65. The predicted octanol–water partition coefficient (Wildman–Crippen LogP) is 0.124. The van der Waals surface area contributed by atoms with Gasteiger partial charge in [0.2, 0.25) is 0 Å². The highest BCUT2D eigenvalue weighted by molar-refractivity contribution is 5.72. The maximum Gasteiger partial charge on any atom is 0.314 e. The lowest BCUT2D eigenvalue weighted by molar-refractivity contribution is 0.172. The van der Waals surface area contributed by atoms with E-state index in [2.05, 4.69) is 0 Å². The fraction of sp³-hybridized carbons (Fsp3) is 0.875. The van der Waals surface area contributed by atoms with Crippen molar-refractivity contribution in [3.8, 4) is 0 Å². The van der Waals surface area contributed by atoms with Crippen molar-refractivity contribution >= 4 is 6.03 Å². The van der Waals surface area contributed by atoms with Crippen LogP contribution >= 0.6 is 0 Å². The van der Waals surface area contributed by atoms with E-state index in [1.54, 1.807) is 4.90 Å². The van der Waals surface area contributed by atoms with Gasteiger partial charge in [0.05, 0.1) is 0 Å². The molecule has 0 aromatic rings. The molecule has 12 heavy (non-hydrogen) atoms. The molecular formula is C8H17N3O. The van der Waals surface area contributed by atoms with Crippen molar-refractivity contribution in [2.75, 3.05) is 13.1 Å². The number of carbonyl (C=O) groups is 1. The van der Waals surface area contributed by atoms with Crippen LogP contribution in [-0.4, -0.2) is 30.1 Å². The molecule has 1 fully saturated rings. The van der Waals surface area contributed by atoms with E-state index in [9.17, 15) is 4.79 Å². The van der Waals surface area contributed by atoms with Gasteiger partial charge in [-0.3, -0.25) is 0 Å². The first-order valence-corrected chi connectivity index (χ1v) is 4.41. The number of hydrogen-bond donors (Lipinski definition) is 2. The lowest BCUT2D eigenvalue weighted by atomic mass is 9.91. The van der Waals surface area contributed by atoms with Gasteiger partial charge >= 0.3 is 6.03 Å². The molecule has 1 heterocycles. The molecule has 1 aliphatic heterocycles. The molecule has 70 valence electrons. The number of urea groups is 1. The molecule has 1 unspecified atom stereocenters. The molecule has 4 N–H and O–H groups in total. The number of likely N-dealkylation sites (tertiary alicyclic amines) is 1. The summed E-state index contributed by atoms with van der Waals surface area (Å²) < 4.78 is 0. The number of amides is 2. The van der Waals surface area contributed by atoms with Gasteiger partial charge in [-0.1, -0.05) is 0 Å². The van der Waals surface area contributed by atoms with Crippen LogP contribution in [0.3, 0.4) is 0 Å². The molecule has 4 heteroatoms. The van der Waals surface area contributed by atoms with Gasteiger partial charge in [-0.25, -0.2) is 4.79 Å². The summed E-state index contributed by atoms with van der Waals surface area (Å²) in [5.41, 5.74) is 10.9. The molecule has 1 atom stereocenters. The second-order valence-electron chi connectivity index (χ2n) is 3.52. The first-order valence-electron chi connectivity index (χ1n) is 4.41. The zero-order valence-electron chi connectivity index (χ0n) is 7.49. The number of nitrogens with zero attached hydrogens (tertiary/aromatic N) is 1. The lowest BCUT2D eigenvalue weighted by Gasteiger charge is -2.32. The highest BCUT2D eigenvalue weighted by atomic mass is 16.2. The third-order valence-electron chi connectivity index (χ3n) is 2.59. The Labute approximate surface area is 72.9 Å². The smallest absolute Gasteiger partial charge is 0.314 e. The largest absolute Gasteiger partial charge is 0.351 e. The maximum absolute atomic E-state index is 10.7. The molecule has 0 aliphatic carbocycles. The molecule has 0 spiro atoms. The molecule has 0 saturated carbocycles. The summed E-state index contributed by atoms with van der Waals surface area (Å²) >= 11 is 0. The van der Waals surface area contributed by atoms with Crippen molar-refractivity contribution in [3.63, 3.8) is 0 Å². The summed E-state index contributed by atoms with van der Waals surface area (Å²) in [6.07, 6.45) is 1.97. The number of carbonyl (C=O) groups excluding carboxylic acids is 1. The van der Waals surface area contributed by atoms with Gasteiger partial charge in [0, 0.05) is 19.1 Å². The van der Waals surface area contributed by atoms with Crippen molar-refractivity contribution in [2.45, 2.75) is 25.8 Å². The Balaban J connectivity index is 2.34. The molecule has 0 bridgehead atoms. The van der Waals surface area contributed by atoms with Crippen LogP contribution in [-0.2, 0) is 0 Å². The van der Waals surface area contributed by atoms with Crippen LogP contribution in [0.2, 0.25) is 0 Å². The maximum atomic E-state index is 10.7. The second kappa shape index (κ2) is 3.76. The SMILES string of the molecule is CC(N)C1CCN(C(N)=O)CC1. The Morgan fingerprint density at radius 3 is 2.33 bits per heavy atom. The topological polar surface area (TPSA) is 72.3 Å². The van der Waals surface area contributed by atoms with Gasteiger partial charge in [-0.15, -0.1) is 0 Å². The van der Waals surface area contributed by atoms with Crippen LogP contribution in [0.4, 0.5) is 4.79 Å². The summed E-state index contributed by atoms with van der Waals surface area (Å²) in [7, 11) is 0. The molecule has 1 saturated heterocycles. The molecule has 1 aliphatic rings. The number of nitrogens with two attached hydrogens (primary N) is 2. The minimum atomic E-state index is -0.307. The summed E-state index contributed by atoms with van der Waals surface area (Å²) in [6, 6.07) is -0.0712. The standard InChI is InChI=1S/C8H17N3O/c1-6(9)7-2-4-11(5-3-7)8(10)12/h6-7H,2-5,9H2,1H3,(H2,10,12). The molecule has 0 aromatic carbocycles. The monoisotopic (exact) mass is 171 g/mol. The van der Waals surface area contributed by atoms with Crippen LogP contribution in [0.15, 0.2) is 0 Å². The Hall–Kier alpha value is -0.770. The van der Waals surface area contributed by atoms with Gasteiger partial charge in [-0.2, -0.15) is 0 Å². The predicted molar refractivity (Wildman–Crippen MR) is 47.5 cm³/mol. The number of piperidine rings is 1. The van der Waals surface area contributed by atoms with Crippen molar-refractivity contribution in [1.29, 1.82) is 0 Å². The minimum Gasteiger partial charge on any atom is -0.351 e. The van der Waals surface area contributed by atoms with Gasteiger partial charge < -0.3 is 16.4 Å². The summed E-state index contributed by atoms with van der Waals surface area (Å²) in [6.45, 7) is 3.55. The van der Waals surface area contributed by atoms with E-state index >= 15 is 0 Å². The minimum absolute atomic E-state index is 0.236. The Morgan fingerprint density at radius 1 is 1.50 bits per heavy atom. The molecule has 1 rings (SSSR count). The average Bonchev–Trinajstić information content (AvgIpc) is 2.04. The first kappa shape index (κ1) is 9.32. The molecule has 4 nitrogen and oxygen atoms in total. The van der Waals surface area contributed by atoms with E-state index in [4.69, 9.17) is 11.5 Å². The van der Waals surface area contributed by atoms with Gasteiger partial charge in [0.25, 0.3) is 0 Å². The van der Waals surface area contributed by atoms with E-state index in [1.807, 2.05) is 6.92 Å². The Kier molecular flexibility index (Phi) is 2.92. The third kappa shape index (κ3) is 2.11. The number of rotatable bonds is 1. The summed E-state index contributed by atoms with van der Waals surface area (Å²) in [4.78, 5) is 12.4. The van der Waals surface area contributed by atoms with Gasteiger partial charge in [0.1, 0.15) is 0 Å². The van der Waals surface area contributed by atoms with Crippen molar-refractivity contribution in [3.05, 3.63) is 0 Å². The second-order valence-corrected chi connectivity index (χ2v) is 3.52. The average molecular weight is 171 g/mol. The van der Waals surface area contributed by atoms with Crippen LogP contribution in [0.1, 0.15) is 19.8 Å². The quantitative estimate of drug-likeness (QED) is 0.588. The number of hydrogen-bond acceptors (Lipinski definition) is 2. The Bertz CT molecular complexity index is 162. The van der Waals surface area contributed by atoms with Gasteiger partial charge in [-0.05, 0) is 25.7 Å². The Morgan fingerprint density at radius 2 is 2.00 bits per heavy atom. The molecule has 0 aromatic heterocycles. The normalized spacial score (nSPS) is 22.3. The van der Waals surface area contributed by atoms with Crippen molar-refractivity contribution in [1.82, 2.24) is 4.90 Å². The van der Waals surface area contributed by atoms with Crippen molar-refractivity contribution in [2.24, 2.45) is 17.4 Å². The van der Waals surface area contributed by atoms with E-state index in [0.29, 0.717) is 5.92 Å². The highest BCUT2D eigenvalue weighted by Gasteiger charge is 2.23. The van der Waals surface area contributed by atoms with E-state index < -0.39 is 0 Å². The first-order chi connectivity index (χ1) is 5.61. The summed E-state index contributed by atoms with van der Waals surface area (Å²) in [5.74, 6) is 0.556. The van der Waals surface area contributed by atoms with Crippen LogP contribution in [0, 0.1) is 5.92 Å². The molecule has 2 amide bonds. The molecular weight excluding hydrogens is 154 g/mol. The van der Waals surface area contributed by atoms with E-state index in [1.165, 1.54) is 0 Å². The van der Waals surface area contributed by atoms with Crippen LogP contribution in [0.5, 0.6) is 0 Å². The molecule has 0 radical (unpaired) electrons. The third-order valence-corrected chi connectivity index (χ3v) is 2.59. The summed E-state index contributed by atoms with van der Waals surface area (Å²) in [5, 5.41) is 0.